The number of hydrogen-bond donors (Lipinski definition) is 1. The molecule has 2 aromatic heterocycles. The number of hydrogen-bond acceptors (Lipinski definition) is 5. The second-order valence-corrected chi connectivity index (χ2v) is 7.65. The third-order valence-electron chi connectivity index (χ3n) is 4.95. The smallest absolute Gasteiger partial charge is 0.236 e. The fourth-order valence-corrected chi connectivity index (χ4v) is 4.09. The van der Waals surface area contributed by atoms with Crippen molar-refractivity contribution in [2.45, 2.75) is 25.8 Å². The Labute approximate surface area is 163 Å². The lowest BCUT2D eigenvalue weighted by molar-refractivity contribution is -0.133. The van der Waals surface area contributed by atoms with Crippen LogP contribution in [-0.2, 0) is 17.6 Å². The fraction of sp³-hybridized carbons (Fsp3) is 0.333. The number of aromatic nitrogens is 1. The van der Waals surface area contributed by atoms with Crippen LogP contribution in [0.5, 0.6) is 0 Å². The van der Waals surface area contributed by atoms with Gasteiger partial charge in [-0.15, -0.1) is 11.3 Å². The second-order valence-electron chi connectivity index (χ2n) is 6.70. The van der Waals surface area contributed by atoms with E-state index in [1.165, 1.54) is 11.1 Å². The number of piperazine rings is 1. The second kappa shape index (κ2) is 8.06. The van der Waals surface area contributed by atoms with Gasteiger partial charge < -0.3 is 14.6 Å². The van der Waals surface area contributed by atoms with Gasteiger partial charge in [-0.3, -0.25) is 4.79 Å². The van der Waals surface area contributed by atoms with Gasteiger partial charge in [0.15, 0.2) is 0 Å². The molecule has 5 nitrogen and oxygen atoms in total. The van der Waals surface area contributed by atoms with Crippen molar-refractivity contribution < 1.29 is 9.21 Å². The molecule has 0 radical (unpaired) electrons. The maximum Gasteiger partial charge on any atom is 0.236 e. The van der Waals surface area contributed by atoms with E-state index in [-0.39, 0.29) is 18.4 Å². The average Bonchev–Trinajstić information content (AvgIpc) is 3.40. The minimum absolute atomic E-state index is 0.0563. The molecule has 6 heteroatoms. The first-order chi connectivity index (χ1) is 13.2. The third kappa shape index (κ3) is 3.96. The molecular formula is C21H23N3O2S. The van der Waals surface area contributed by atoms with E-state index >= 15 is 0 Å². The Bertz CT molecular complexity index is 887. The molecule has 1 aromatic carbocycles. The zero-order chi connectivity index (χ0) is 18.6. The summed E-state index contributed by atoms with van der Waals surface area (Å²) >= 11 is 1.58. The largest absolute Gasteiger partial charge is 0.444 e. The van der Waals surface area contributed by atoms with Gasteiger partial charge in [-0.1, -0.05) is 37.3 Å². The van der Waals surface area contributed by atoms with E-state index in [0.717, 1.165) is 24.4 Å². The summed E-state index contributed by atoms with van der Waals surface area (Å²) < 4.78 is 5.55. The minimum atomic E-state index is 0.0563. The Morgan fingerprint density at radius 3 is 2.93 bits per heavy atom. The third-order valence-corrected chi connectivity index (χ3v) is 5.81. The van der Waals surface area contributed by atoms with Crippen LogP contribution in [0.1, 0.15) is 29.8 Å². The Morgan fingerprint density at radius 2 is 2.19 bits per heavy atom. The molecule has 0 aliphatic carbocycles. The summed E-state index contributed by atoms with van der Waals surface area (Å²) in [6.07, 6.45) is 2.88. The maximum atomic E-state index is 13.0. The summed E-state index contributed by atoms with van der Waals surface area (Å²) in [5.41, 5.74) is 3.17. The van der Waals surface area contributed by atoms with Crippen molar-refractivity contribution in [3.63, 3.8) is 0 Å². The maximum absolute atomic E-state index is 13.0. The molecule has 1 aliphatic rings. The lowest BCUT2D eigenvalue weighted by Gasteiger charge is -2.36. The van der Waals surface area contributed by atoms with Crippen LogP contribution in [0.4, 0.5) is 0 Å². The van der Waals surface area contributed by atoms with Crippen LogP contribution in [0, 0.1) is 0 Å². The predicted octanol–water partition coefficient (Wildman–Crippen LogP) is 3.68. The number of rotatable bonds is 5. The Balaban J connectivity index is 1.48. The van der Waals surface area contributed by atoms with Crippen LogP contribution < -0.4 is 5.32 Å². The Kier molecular flexibility index (Phi) is 5.36. The molecule has 0 spiro atoms. The highest BCUT2D eigenvalue weighted by Gasteiger charge is 2.28. The van der Waals surface area contributed by atoms with Gasteiger partial charge in [0.1, 0.15) is 6.26 Å². The summed E-state index contributed by atoms with van der Waals surface area (Å²) in [7, 11) is 0. The molecular weight excluding hydrogens is 358 g/mol. The monoisotopic (exact) mass is 381 g/mol. The molecule has 1 atom stereocenters. The molecule has 3 heterocycles. The van der Waals surface area contributed by atoms with Gasteiger partial charge in [0.25, 0.3) is 0 Å². The van der Waals surface area contributed by atoms with Crippen LogP contribution in [0.25, 0.3) is 10.8 Å². The zero-order valence-corrected chi connectivity index (χ0v) is 16.2. The van der Waals surface area contributed by atoms with Crippen molar-refractivity contribution in [2.75, 3.05) is 19.6 Å². The number of aryl methyl sites for hydroxylation is 1. The number of oxazole rings is 1. The topological polar surface area (TPSA) is 58.4 Å². The van der Waals surface area contributed by atoms with E-state index in [1.807, 2.05) is 22.4 Å². The summed E-state index contributed by atoms with van der Waals surface area (Å²) in [6, 6.07) is 12.6. The lowest BCUT2D eigenvalue weighted by Crippen LogP contribution is -2.49. The number of amides is 1. The molecule has 3 aromatic rings. The summed E-state index contributed by atoms with van der Waals surface area (Å²) in [5.74, 6) is 0.673. The Hall–Kier alpha value is -2.44. The fourth-order valence-electron chi connectivity index (χ4n) is 3.43. The molecule has 0 bridgehead atoms. The molecule has 1 aliphatic heterocycles. The van der Waals surface area contributed by atoms with E-state index in [2.05, 4.69) is 41.5 Å². The van der Waals surface area contributed by atoms with Gasteiger partial charge >= 0.3 is 0 Å². The van der Waals surface area contributed by atoms with Crippen molar-refractivity contribution in [2.24, 2.45) is 0 Å². The summed E-state index contributed by atoms with van der Waals surface area (Å²) in [5, 5.41) is 5.39. The molecule has 1 amide bonds. The predicted molar refractivity (Wildman–Crippen MR) is 107 cm³/mol. The van der Waals surface area contributed by atoms with Gasteiger partial charge in [-0.25, -0.2) is 4.98 Å². The molecule has 1 N–H and O–H groups in total. The van der Waals surface area contributed by atoms with Crippen LogP contribution >= 0.6 is 11.3 Å². The molecule has 140 valence electrons. The van der Waals surface area contributed by atoms with Crippen molar-refractivity contribution >= 4 is 17.2 Å². The van der Waals surface area contributed by atoms with Crippen LogP contribution in [0.2, 0.25) is 0 Å². The van der Waals surface area contributed by atoms with Gasteiger partial charge in [-0.05, 0) is 29.0 Å². The number of carbonyl (C=O) groups excluding carboxylic acids is 1. The first-order valence-corrected chi connectivity index (χ1v) is 10.2. The Morgan fingerprint density at radius 1 is 1.33 bits per heavy atom. The first kappa shape index (κ1) is 17.9. The van der Waals surface area contributed by atoms with Gasteiger partial charge in [-0.2, -0.15) is 0 Å². The number of nitrogens with zero attached hydrogens (tertiary/aromatic N) is 2. The molecule has 1 saturated heterocycles. The quantitative estimate of drug-likeness (QED) is 0.732. The highest BCUT2D eigenvalue weighted by Crippen LogP contribution is 2.26. The van der Waals surface area contributed by atoms with Crippen molar-refractivity contribution in [1.82, 2.24) is 15.2 Å². The normalized spacial score (nSPS) is 17.2. The number of thiophene rings is 1. The van der Waals surface area contributed by atoms with Crippen molar-refractivity contribution in [1.29, 1.82) is 0 Å². The van der Waals surface area contributed by atoms with E-state index in [1.54, 1.807) is 17.6 Å². The highest BCUT2D eigenvalue weighted by molar-refractivity contribution is 7.13. The molecule has 4 rings (SSSR count). The SMILES string of the molecule is CCc1ccc(C2CNCCN2C(=O)Cc2coc(-c3cccs3)n2)cc1. The van der Waals surface area contributed by atoms with E-state index < -0.39 is 0 Å². The molecule has 27 heavy (non-hydrogen) atoms. The van der Waals surface area contributed by atoms with Crippen LogP contribution in [0.15, 0.2) is 52.5 Å². The number of carbonyl (C=O) groups is 1. The average molecular weight is 382 g/mol. The van der Waals surface area contributed by atoms with Gasteiger partial charge in [0.05, 0.1) is 23.0 Å². The first-order valence-electron chi connectivity index (χ1n) is 9.32. The highest BCUT2D eigenvalue weighted by atomic mass is 32.1. The standard InChI is InChI=1S/C21H23N3O2S/c1-2-15-5-7-16(8-6-15)18-13-22-9-10-24(18)20(25)12-17-14-26-21(23-17)19-4-3-11-27-19/h3-8,11,14,18,22H,2,9-10,12-13H2,1H3. The van der Waals surface area contributed by atoms with Crippen molar-refractivity contribution in [3.8, 4) is 10.8 Å². The molecule has 1 unspecified atom stereocenters. The van der Waals surface area contributed by atoms with Crippen LogP contribution in [-0.4, -0.2) is 35.4 Å². The molecule has 0 saturated carbocycles. The summed E-state index contributed by atoms with van der Waals surface area (Å²) in [4.78, 5) is 20.4. The zero-order valence-electron chi connectivity index (χ0n) is 15.4. The lowest BCUT2D eigenvalue weighted by atomic mass is 10.0. The van der Waals surface area contributed by atoms with Crippen LogP contribution in [0.3, 0.4) is 0 Å². The van der Waals surface area contributed by atoms with E-state index in [4.69, 9.17) is 4.42 Å². The minimum Gasteiger partial charge on any atom is -0.444 e. The van der Waals surface area contributed by atoms with E-state index in [9.17, 15) is 4.79 Å². The molecule has 1 fully saturated rings. The number of benzene rings is 1. The van der Waals surface area contributed by atoms with E-state index in [0.29, 0.717) is 18.1 Å². The summed E-state index contributed by atoms with van der Waals surface area (Å²) in [6.45, 7) is 4.44. The number of nitrogens with one attached hydrogen (secondary N) is 1. The van der Waals surface area contributed by atoms with Gasteiger partial charge in [0, 0.05) is 19.6 Å². The van der Waals surface area contributed by atoms with Gasteiger partial charge in [0.2, 0.25) is 11.8 Å². The van der Waals surface area contributed by atoms with Crippen molar-refractivity contribution in [3.05, 3.63) is 64.9 Å².